The molecule has 1 fully saturated rings. The number of hydrogen-bond donors (Lipinski definition) is 1. The van der Waals surface area contributed by atoms with Gasteiger partial charge >= 0.3 is 0 Å². The van der Waals surface area contributed by atoms with Gasteiger partial charge in [0.1, 0.15) is 24.4 Å². The van der Waals surface area contributed by atoms with Crippen molar-refractivity contribution in [3.8, 4) is 0 Å². The van der Waals surface area contributed by atoms with E-state index in [1.54, 1.807) is 6.20 Å². The largest absolute Gasteiger partial charge is 0.374 e. The molecule has 0 radical (unpaired) electrons. The van der Waals surface area contributed by atoms with Crippen molar-refractivity contribution in [3.05, 3.63) is 160 Å². The Morgan fingerprint density at radius 3 is 1.58 bits per heavy atom. The van der Waals surface area contributed by atoms with Crippen molar-refractivity contribution in [1.82, 2.24) is 4.98 Å². The van der Waals surface area contributed by atoms with Crippen LogP contribution >= 0.6 is 11.3 Å². The van der Waals surface area contributed by atoms with Crippen LogP contribution in [0.2, 0.25) is 0 Å². The van der Waals surface area contributed by atoms with E-state index in [1.165, 1.54) is 11.3 Å². The molecule has 1 unspecified atom stereocenters. The lowest BCUT2D eigenvalue weighted by Crippen LogP contribution is -2.65. The summed E-state index contributed by atoms with van der Waals surface area (Å²) < 4.78 is 32.7. The lowest BCUT2D eigenvalue weighted by molar-refractivity contribution is -0.378. The van der Waals surface area contributed by atoms with Crippen LogP contribution in [0.25, 0.3) is 0 Å². The lowest BCUT2D eigenvalue weighted by Gasteiger charge is -2.49. The number of hydrogen-bond acceptors (Lipinski definition) is 8. The number of ether oxygens (including phenoxy) is 5. The van der Waals surface area contributed by atoms with Crippen molar-refractivity contribution in [3.63, 3.8) is 0 Å². The Morgan fingerprint density at radius 1 is 0.622 bits per heavy atom. The number of aromatic nitrogens is 1. The predicted octanol–water partition coefficient (Wildman–Crippen LogP) is 6.66. The molecule has 1 saturated heterocycles. The summed E-state index contributed by atoms with van der Waals surface area (Å²) in [5.41, 5.74) is 3.98. The van der Waals surface area contributed by atoms with Crippen molar-refractivity contribution < 1.29 is 28.8 Å². The summed E-state index contributed by atoms with van der Waals surface area (Å²) >= 11 is 1.30. The molecule has 0 saturated carbocycles. The minimum Gasteiger partial charge on any atom is -0.374 e. The second-order valence-corrected chi connectivity index (χ2v) is 11.8. The molecular formula is C37H37NO6S. The van der Waals surface area contributed by atoms with Crippen LogP contribution in [-0.2, 0) is 55.9 Å². The quantitative estimate of drug-likeness (QED) is 0.148. The normalized spacial score (nSPS) is 23.1. The second kappa shape index (κ2) is 15.5. The molecule has 1 N–H and O–H groups in total. The average molecular weight is 624 g/mol. The zero-order valence-corrected chi connectivity index (χ0v) is 25.7. The first-order chi connectivity index (χ1) is 22.2. The molecular weight excluding hydrogens is 586 g/mol. The molecule has 0 aliphatic carbocycles. The highest BCUT2D eigenvalue weighted by Crippen LogP contribution is 2.42. The molecule has 0 amide bonds. The summed E-state index contributed by atoms with van der Waals surface area (Å²) in [7, 11) is 0. The fourth-order valence-corrected chi connectivity index (χ4v) is 6.13. The van der Waals surface area contributed by atoms with Crippen LogP contribution in [0.4, 0.5) is 0 Å². The van der Waals surface area contributed by atoms with Crippen molar-refractivity contribution in [2.45, 2.75) is 56.6 Å². The molecule has 45 heavy (non-hydrogen) atoms. The van der Waals surface area contributed by atoms with Gasteiger partial charge in [-0.05, 0) is 22.3 Å². The van der Waals surface area contributed by atoms with E-state index < -0.39 is 30.2 Å². The van der Waals surface area contributed by atoms with E-state index in [0.29, 0.717) is 18.2 Å². The second-order valence-electron chi connectivity index (χ2n) is 10.9. The van der Waals surface area contributed by atoms with Gasteiger partial charge in [-0.15, -0.1) is 11.3 Å². The Bertz CT molecular complexity index is 1540. The van der Waals surface area contributed by atoms with E-state index in [1.807, 2.05) is 127 Å². The van der Waals surface area contributed by atoms with Gasteiger partial charge in [0.15, 0.2) is 5.01 Å². The van der Waals surface area contributed by atoms with Gasteiger partial charge in [-0.2, -0.15) is 0 Å². The lowest BCUT2D eigenvalue weighted by atomic mass is 9.91. The monoisotopic (exact) mass is 623 g/mol. The molecule has 4 aromatic carbocycles. The number of nitrogens with zero attached hydrogens (tertiary/aromatic N) is 1. The van der Waals surface area contributed by atoms with Crippen molar-refractivity contribution >= 4 is 11.3 Å². The summed E-state index contributed by atoms with van der Waals surface area (Å²) in [6, 6.07) is 39.7. The third-order valence-corrected chi connectivity index (χ3v) is 8.56. The van der Waals surface area contributed by atoms with Crippen LogP contribution in [-0.4, -0.2) is 41.1 Å². The highest BCUT2D eigenvalue weighted by molar-refractivity contribution is 7.09. The number of aliphatic hydroxyl groups is 1. The fourth-order valence-electron chi connectivity index (χ4n) is 5.43. The van der Waals surface area contributed by atoms with E-state index in [4.69, 9.17) is 23.7 Å². The molecule has 8 heteroatoms. The van der Waals surface area contributed by atoms with Gasteiger partial charge in [-0.25, -0.2) is 4.98 Å². The van der Waals surface area contributed by atoms with Gasteiger partial charge in [0.2, 0.25) is 5.79 Å². The van der Waals surface area contributed by atoms with Crippen LogP contribution in [0, 0.1) is 0 Å². The fraction of sp³-hybridized carbons (Fsp3) is 0.270. The molecule has 232 valence electrons. The summed E-state index contributed by atoms with van der Waals surface area (Å²) in [5, 5.41) is 14.6. The highest BCUT2D eigenvalue weighted by atomic mass is 32.1. The van der Waals surface area contributed by atoms with E-state index in [-0.39, 0.29) is 19.8 Å². The zero-order chi connectivity index (χ0) is 30.7. The molecule has 7 nitrogen and oxygen atoms in total. The van der Waals surface area contributed by atoms with Crippen molar-refractivity contribution in [2.75, 3.05) is 6.61 Å². The van der Waals surface area contributed by atoms with Gasteiger partial charge in [-0.1, -0.05) is 121 Å². The van der Waals surface area contributed by atoms with Crippen molar-refractivity contribution in [2.24, 2.45) is 0 Å². The average Bonchev–Trinajstić information content (AvgIpc) is 3.65. The first-order valence-corrected chi connectivity index (χ1v) is 16.0. The van der Waals surface area contributed by atoms with E-state index in [2.05, 4.69) is 4.98 Å². The smallest absolute Gasteiger partial charge is 0.250 e. The van der Waals surface area contributed by atoms with Gasteiger partial charge < -0.3 is 28.8 Å². The van der Waals surface area contributed by atoms with E-state index >= 15 is 0 Å². The molecule has 1 aliphatic heterocycles. The summed E-state index contributed by atoms with van der Waals surface area (Å²) in [5.74, 6) is -1.92. The number of rotatable bonds is 14. The number of benzene rings is 4. The Hall–Kier alpha value is -3.73. The predicted molar refractivity (Wildman–Crippen MR) is 172 cm³/mol. The maximum atomic E-state index is 12.4. The van der Waals surface area contributed by atoms with Crippen LogP contribution in [0.3, 0.4) is 0 Å². The van der Waals surface area contributed by atoms with Gasteiger partial charge in [0.05, 0.1) is 33.0 Å². The summed E-state index contributed by atoms with van der Waals surface area (Å²) in [6.07, 6.45) is -1.42. The summed E-state index contributed by atoms with van der Waals surface area (Å²) in [4.78, 5) is 4.48. The van der Waals surface area contributed by atoms with E-state index in [0.717, 1.165) is 22.3 Å². The molecule has 5 atom stereocenters. The Labute approximate surface area is 268 Å². The van der Waals surface area contributed by atoms with Gasteiger partial charge in [0, 0.05) is 11.6 Å². The van der Waals surface area contributed by atoms with Crippen LogP contribution in [0.15, 0.2) is 133 Å². The van der Waals surface area contributed by atoms with Gasteiger partial charge in [0.25, 0.3) is 0 Å². The maximum Gasteiger partial charge on any atom is 0.250 e. The zero-order valence-electron chi connectivity index (χ0n) is 24.9. The first kappa shape index (κ1) is 31.3. The van der Waals surface area contributed by atoms with Gasteiger partial charge in [-0.3, -0.25) is 0 Å². The Balaban J connectivity index is 1.34. The minimum absolute atomic E-state index is 0.151. The Kier molecular flexibility index (Phi) is 10.8. The molecule has 2 heterocycles. The maximum absolute atomic E-state index is 12.4. The SMILES string of the molecule is OC1(c2nccs2)O[C@H](COCc2ccccc2)[C@@H](OCc2ccccc2)[C@H](OCc2ccccc2)[C@H]1OCc1ccccc1. The standard InChI is InChI=1S/C37H37NO6S/c39-37(36-38-21-22-45-36)35(43-26-31-19-11-4-12-20-31)34(42-25-30-17-9-3-10-18-30)33(41-24-29-15-7-2-8-16-29)32(44-37)27-40-23-28-13-5-1-6-14-28/h1-22,32-35,39H,23-27H2/t32-,33-,34+,35-,37?/m1/s1. The molecule has 0 bridgehead atoms. The molecule has 5 aromatic rings. The van der Waals surface area contributed by atoms with Crippen molar-refractivity contribution in [1.29, 1.82) is 0 Å². The molecule has 1 aromatic heterocycles. The van der Waals surface area contributed by atoms with E-state index in [9.17, 15) is 5.11 Å². The van der Waals surface area contributed by atoms with Crippen LogP contribution < -0.4 is 0 Å². The molecule has 6 rings (SSSR count). The molecule has 0 spiro atoms. The number of thiazole rings is 1. The van der Waals surface area contributed by atoms with Crippen LogP contribution in [0.1, 0.15) is 27.3 Å². The minimum atomic E-state index is -1.92. The molecule has 1 aliphatic rings. The first-order valence-electron chi connectivity index (χ1n) is 15.1. The topological polar surface area (TPSA) is 79.3 Å². The van der Waals surface area contributed by atoms with Crippen LogP contribution in [0.5, 0.6) is 0 Å². The Morgan fingerprint density at radius 2 is 1.09 bits per heavy atom. The highest BCUT2D eigenvalue weighted by Gasteiger charge is 2.58. The third kappa shape index (κ3) is 8.11. The summed E-state index contributed by atoms with van der Waals surface area (Å²) in [6.45, 7) is 1.36. The third-order valence-electron chi connectivity index (χ3n) is 7.68.